The highest BCUT2D eigenvalue weighted by Crippen LogP contribution is 2.21. The highest BCUT2D eigenvalue weighted by molar-refractivity contribution is 7.92. The van der Waals surface area contributed by atoms with Crippen LogP contribution in [0.1, 0.15) is 25.5 Å². The van der Waals surface area contributed by atoms with Gasteiger partial charge in [-0.15, -0.1) is 0 Å². The molecule has 0 fully saturated rings. The van der Waals surface area contributed by atoms with E-state index in [4.69, 9.17) is 4.74 Å². The van der Waals surface area contributed by atoms with Gasteiger partial charge in [0, 0.05) is 6.54 Å². The molecule has 0 saturated carbocycles. The molecule has 27 heavy (non-hydrogen) atoms. The monoisotopic (exact) mass is 394 g/mol. The maximum absolute atomic E-state index is 12.9. The lowest BCUT2D eigenvalue weighted by molar-refractivity contribution is -0.123. The van der Waals surface area contributed by atoms with Crippen molar-refractivity contribution in [3.05, 3.63) is 59.9 Å². The first-order valence-electron chi connectivity index (χ1n) is 8.46. The maximum Gasteiger partial charge on any atom is 0.258 e. The molecule has 0 unspecified atom stereocenters. The third-order valence-electron chi connectivity index (χ3n) is 3.93. The molecule has 2 aromatic carbocycles. The third-order valence-corrected chi connectivity index (χ3v) is 5.20. The molecule has 0 aliphatic rings. The summed E-state index contributed by atoms with van der Waals surface area (Å²) < 4.78 is 43.1. The first-order chi connectivity index (χ1) is 12.7. The first kappa shape index (κ1) is 20.7. The minimum absolute atomic E-state index is 0.186. The Bertz CT molecular complexity index is 868. The van der Waals surface area contributed by atoms with Crippen LogP contribution in [0.25, 0.3) is 0 Å². The number of rotatable bonds is 8. The fraction of sp³-hybridized carbons (Fsp3) is 0.316. The van der Waals surface area contributed by atoms with Gasteiger partial charge in [-0.3, -0.25) is 9.10 Å². The van der Waals surface area contributed by atoms with E-state index < -0.39 is 10.0 Å². The number of amides is 1. The van der Waals surface area contributed by atoms with Crippen molar-refractivity contribution >= 4 is 21.6 Å². The number of sulfonamides is 1. The smallest absolute Gasteiger partial charge is 0.258 e. The Kier molecular flexibility index (Phi) is 6.79. The molecule has 0 aromatic heterocycles. The number of hydrogen-bond acceptors (Lipinski definition) is 4. The molecule has 0 aliphatic heterocycles. The topological polar surface area (TPSA) is 75.7 Å². The summed E-state index contributed by atoms with van der Waals surface area (Å²) >= 11 is 0. The lowest BCUT2D eigenvalue weighted by atomic mass is 10.1. The fourth-order valence-corrected chi connectivity index (χ4v) is 3.56. The summed E-state index contributed by atoms with van der Waals surface area (Å²) in [5.74, 6) is -0.198. The number of nitrogens with one attached hydrogen (secondary N) is 1. The zero-order valence-corrected chi connectivity index (χ0v) is 16.3. The molecule has 1 N–H and O–H groups in total. The summed E-state index contributed by atoms with van der Waals surface area (Å²) in [6, 6.07) is 12.1. The largest absolute Gasteiger partial charge is 0.484 e. The van der Waals surface area contributed by atoms with Crippen LogP contribution in [0.3, 0.4) is 0 Å². The molecule has 0 radical (unpaired) electrons. The molecule has 0 aliphatic carbocycles. The molecule has 0 saturated heterocycles. The van der Waals surface area contributed by atoms with Crippen LogP contribution < -0.4 is 14.4 Å². The fourth-order valence-electron chi connectivity index (χ4n) is 2.58. The van der Waals surface area contributed by atoms with Crippen molar-refractivity contribution in [2.75, 3.05) is 23.7 Å². The van der Waals surface area contributed by atoms with Gasteiger partial charge in [0.15, 0.2) is 6.61 Å². The lowest BCUT2D eigenvalue weighted by Crippen LogP contribution is -2.31. The van der Waals surface area contributed by atoms with Crippen molar-refractivity contribution in [1.29, 1.82) is 0 Å². The van der Waals surface area contributed by atoms with Crippen LogP contribution in [0.5, 0.6) is 5.75 Å². The minimum Gasteiger partial charge on any atom is -0.484 e. The van der Waals surface area contributed by atoms with E-state index in [1.807, 2.05) is 0 Å². The number of halogens is 1. The van der Waals surface area contributed by atoms with E-state index in [1.54, 1.807) is 50.2 Å². The summed E-state index contributed by atoms with van der Waals surface area (Å²) in [5.41, 5.74) is 1.32. The van der Waals surface area contributed by atoms with Crippen molar-refractivity contribution in [3.8, 4) is 5.75 Å². The van der Waals surface area contributed by atoms with Gasteiger partial charge < -0.3 is 10.1 Å². The molecule has 1 amide bonds. The van der Waals surface area contributed by atoms with Crippen LogP contribution in [0.2, 0.25) is 0 Å². The average molecular weight is 394 g/mol. The molecule has 2 aromatic rings. The highest BCUT2D eigenvalue weighted by Gasteiger charge is 2.15. The van der Waals surface area contributed by atoms with E-state index in [-0.39, 0.29) is 24.4 Å². The van der Waals surface area contributed by atoms with Gasteiger partial charge in [-0.1, -0.05) is 12.1 Å². The first-order valence-corrected chi connectivity index (χ1v) is 10.3. The van der Waals surface area contributed by atoms with Crippen LogP contribution in [0.15, 0.2) is 48.5 Å². The number of nitrogens with zero attached hydrogens (tertiary/aromatic N) is 1. The zero-order chi connectivity index (χ0) is 20.0. The van der Waals surface area contributed by atoms with Crippen LogP contribution >= 0.6 is 0 Å². The molecule has 0 heterocycles. The summed E-state index contributed by atoms with van der Waals surface area (Å²) in [6.45, 7) is 3.68. The Morgan fingerprint density at radius 2 is 1.74 bits per heavy atom. The molecule has 0 bridgehead atoms. The number of anilines is 1. The van der Waals surface area contributed by atoms with Gasteiger partial charge in [-0.2, -0.15) is 0 Å². The van der Waals surface area contributed by atoms with Crippen molar-refractivity contribution < 1.29 is 22.3 Å². The van der Waals surface area contributed by atoms with Crippen LogP contribution in [-0.4, -0.2) is 33.7 Å². The average Bonchev–Trinajstić information content (AvgIpc) is 2.61. The van der Waals surface area contributed by atoms with Gasteiger partial charge in [0.2, 0.25) is 10.0 Å². The Balaban J connectivity index is 1.90. The van der Waals surface area contributed by atoms with Crippen LogP contribution in [0.4, 0.5) is 10.1 Å². The van der Waals surface area contributed by atoms with Crippen LogP contribution in [0, 0.1) is 5.82 Å². The summed E-state index contributed by atoms with van der Waals surface area (Å²) in [5, 5.41) is 2.77. The molecular formula is C19H23FN2O4S. The SMILES string of the molecule is CCN(c1ccc(OCC(=O)N[C@@H](C)c2ccc(F)cc2)cc1)S(C)(=O)=O. The number of ether oxygens (including phenoxy) is 1. The zero-order valence-electron chi connectivity index (χ0n) is 15.5. The highest BCUT2D eigenvalue weighted by atomic mass is 32.2. The van der Waals surface area contributed by atoms with E-state index in [0.29, 0.717) is 18.0 Å². The van der Waals surface area contributed by atoms with E-state index in [1.165, 1.54) is 16.4 Å². The van der Waals surface area contributed by atoms with Gasteiger partial charge >= 0.3 is 0 Å². The summed E-state index contributed by atoms with van der Waals surface area (Å²) in [6.07, 6.45) is 1.15. The van der Waals surface area contributed by atoms with Crippen LogP contribution in [-0.2, 0) is 14.8 Å². The summed E-state index contributed by atoms with van der Waals surface area (Å²) in [7, 11) is -3.34. The third kappa shape index (κ3) is 5.96. The van der Waals surface area contributed by atoms with Gasteiger partial charge in [-0.05, 0) is 55.8 Å². The molecule has 146 valence electrons. The Labute approximate surface area is 159 Å². The second-order valence-corrected chi connectivity index (χ2v) is 7.96. The maximum atomic E-state index is 12.9. The quantitative estimate of drug-likeness (QED) is 0.747. The van der Waals surface area contributed by atoms with E-state index in [9.17, 15) is 17.6 Å². The number of carbonyl (C=O) groups is 1. The van der Waals surface area contributed by atoms with Crippen molar-refractivity contribution in [1.82, 2.24) is 5.32 Å². The normalized spacial score (nSPS) is 12.3. The van der Waals surface area contributed by atoms with E-state index in [2.05, 4.69) is 5.32 Å². The predicted octanol–water partition coefficient (Wildman–Crippen LogP) is 2.87. The standard InChI is InChI=1S/C19H23FN2O4S/c1-4-22(27(3,24)25)17-9-11-18(12-10-17)26-13-19(23)21-14(2)15-5-7-16(20)8-6-15/h5-12,14H,4,13H2,1-3H3,(H,21,23)/t14-/m0/s1. The van der Waals surface area contributed by atoms with E-state index in [0.717, 1.165) is 11.8 Å². The number of benzene rings is 2. The molecule has 2 rings (SSSR count). The lowest BCUT2D eigenvalue weighted by Gasteiger charge is -2.20. The van der Waals surface area contributed by atoms with Gasteiger partial charge in [0.05, 0.1) is 18.0 Å². The van der Waals surface area contributed by atoms with Gasteiger partial charge in [0.1, 0.15) is 11.6 Å². The van der Waals surface area contributed by atoms with Crippen molar-refractivity contribution in [2.24, 2.45) is 0 Å². The second kappa shape index (κ2) is 8.85. The predicted molar refractivity (Wildman–Crippen MR) is 103 cm³/mol. The molecular weight excluding hydrogens is 371 g/mol. The summed E-state index contributed by atoms with van der Waals surface area (Å²) in [4.78, 5) is 12.0. The Morgan fingerprint density at radius 3 is 2.26 bits per heavy atom. The Morgan fingerprint density at radius 1 is 1.15 bits per heavy atom. The molecule has 0 spiro atoms. The number of hydrogen-bond donors (Lipinski definition) is 1. The minimum atomic E-state index is -3.34. The van der Waals surface area contributed by atoms with Crippen molar-refractivity contribution in [2.45, 2.75) is 19.9 Å². The molecule has 1 atom stereocenters. The van der Waals surface area contributed by atoms with Gasteiger partial charge in [-0.25, -0.2) is 12.8 Å². The van der Waals surface area contributed by atoms with E-state index >= 15 is 0 Å². The second-order valence-electron chi connectivity index (χ2n) is 6.05. The molecule has 8 heteroatoms. The Hall–Kier alpha value is -2.61. The van der Waals surface area contributed by atoms with Crippen molar-refractivity contribution in [3.63, 3.8) is 0 Å². The van der Waals surface area contributed by atoms with Gasteiger partial charge in [0.25, 0.3) is 5.91 Å². The number of carbonyl (C=O) groups excluding carboxylic acids is 1. The molecule has 6 nitrogen and oxygen atoms in total.